The Hall–Kier alpha value is -2.25. The van der Waals surface area contributed by atoms with E-state index >= 15 is 0 Å². The minimum Gasteiger partial charge on any atom is -0.462 e. The van der Waals surface area contributed by atoms with Crippen molar-refractivity contribution >= 4 is 30.8 Å². The Kier molecular flexibility index (Phi) is 10.5. The summed E-state index contributed by atoms with van der Waals surface area (Å²) >= 11 is 0. The van der Waals surface area contributed by atoms with Gasteiger partial charge in [-0.2, -0.15) is 0 Å². The third-order valence-corrected chi connectivity index (χ3v) is 9.74. The predicted molar refractivity (Wildman–Crippen MR) is 160 cm³/mol. The van der Waals surface area contributed by atoms with E-state index in [0.29, 0.717) is 25.2 Å². The summed E-state index contributed by atoms with van der Waals surface area (Å²) in [4.78, 5) is 25.3. The molecule has 2 atom stereocenters. The summed E-state index contributed by atoms with van der Waals surface area (Å²) < 4.78 is 6.29. The van der Waals surface area contributed by atoms with Gasteiger partial charge in [0.05, 0.1) is 0 Å². The van der Waals surface area contributed by atoms with Crippen LogP contribution >= 0.6 is 7.92 Å². The first kappa shape index (κ1) is 30.3. The first-order valence-electron chi connectivity index (χ1n) is 13.4. The van der Waals surface area contributed by atoms with E-state index in [-0.39, 0.29) is 28.8 Å². The number of carbonyl (C=O) groups excluding carboxylic acids is 2. The number of hydrogen-bond donors (Lipinski definition) is 0. The van der Waals surface area contributed by atoms with Crippen molar-refractivity contribution in [2.24, 2.45) is 16.7 Å². The summed E-state index contributed by atoms with van der Waals surface area (Å²) in [7, 11) is -0.928. The molecular formula is C34H42O3P. The van der Waals surface area contributed by atoms with Crippen LogP contribution in [0.4, 0.5) is 0 Å². The molecule has 0 spiro atoms. The van der Waals surface area contributed by atoms with Crippen molar-refractivity contribution in [2.75, 3.05) is 0 Å². The molecule has 2 aromatic rings. The Labute approximate surface area is 232 Å². The van der Waals surface area contributed by atoms with Gasteiger partial charge in [-0.05, 0) is 61.0 Å². The smallest absolute Gasteiger partial charge is 0.314 e. The topological polar surface area (TPSA) is 43.4 Å². The van der Waals surface area contributed by atoms with Gasteiger partial charge in [-0.15, -0.1) is 0 Å². The molecule has 0 bridgehead atoms. The van der Waals surface area contributed by atoms with Gasteiger partial charge in [0.2, 0.25) is 0 Å². The van der Waals surface area contributed by atoms with Gasteiger partial charge in [-0.1, -0.05) is 114 Å². The van der Waals surface area contributed by atoms with Gasteiger partial charge in [0.25, 0.3) is 0 Å². The molecule has 201 valence electrons. The molecule has 4 heteroatoms. The number of hydrogen-bond acceptors (Lipinski definition) is 3. The first-order chi connectivity index (χ1) is 17.9. The van der Waals surface area contributed by atoms with Crippen LogP contribution in [0.5, 0.6) is 0 Å². The fraction of sp³-hybridized carbons (Fsp3) is 0.382. The summed E-state index contributed by atoms with van der Waals surface area (Å²) in [6, 6.07) is 20.7. The molecule has 3 nitrogen and oxygen atoms in total. The molecule has 0 aromatic heterocycles. The molecule has 0 N–H and O–H groups in total. The van der Waals surface area contributed by atoms with Gasteiger partial charge in [0, 0.05) is 18.5 Å². The van der Waals surface area contributed by atoms with E-state index in [4.69, 9.17) is 4.74 Å². The van der Waals surface area contributed by atoms with E-state index in [1.165, 1.54) is 10.6 Å². The number of benzene rings is 2. The van der Waals surface area contributed by atoms with Crippen LogP contribution in [-0.4, -0.2) is 18.4 Å². The van der Waals surface area contributed by atoms with Crippen LogP contribution in [0.2, 0.25) is 0 Å². The molecule has 2 aromatic carbocycles. The number of ether oxygens (including phenoxy) is 1. The molecule has 0 heterocycles. The maximum absolute atomic E-state index is 13.8. The second-order valence-electron chi connectivity index (χ2n) is 12.1. The Balaban J connectivity index is 1.88. The van der Waals surface area contributed by atoms with Crippen LogP contribution in [0.25, 0.3) is 0 Å². The molecule has 0 aliphatic heterocycles. The molecule has 0 amide bonds. The fourth-order valence-electron chi connectivity index (χ4n) is 4.57. The number of carbonyl (C=O) groups is 2. The third kappa shape index (κ3) is 8.12. The minimum atomic E-state index is -0.928. The zero-order chi connectivity index (χ0) is 27.9. The van der Waals surface area contributed by atoms with Crippen molar-refractivity contribution in [3.8, 4) is 0 Å². The maximum Gasteiger partial charge on any atom is 0.314 e. The second-order valence-corrected chi connectivity index (χ2v) is 14.3. The van der Waals surface area contributed by atoms with E-state index in [0.717, 1.165) is 17.5 Å². The van der Waals surface area contributed by atoms with Crippen LogP contribution in [-0.2, 0) is 14.3 Å². The van der Waals surface area contributed by atoms with Gasteiger partial charge < -0.3 is 9.53 Å². The average molecular weight is 530 g/mol. The fourth-order valence-corrected chi connectivity index (χ4v) is 7.00. The molecule has 5 radical (unpaired) electrons. The quantitative estimate of drug-likeness (QED) is 0.132. The molecule has 0 unspecified atom stereocenters. The van der Waals surface area contributed by atoms with Crippen molar-refractivity contribution in [1.82, 2.24) is 0 Å². The lowest BCUT2D eigenvalue weighted by Crippen LogP contribution is -2.32. The van der Waals surface area contributed by atoms with Gasteiger partial charge >= 0.3 is 5.97 Å². The Morgan fingerprint density at radius 1 is 0.921 bits per heavy atom. The molecular weight excluding hydrogens is 487 g/mol. The van der Waals surface area contributed by atoms with E-state index < -0.39 is 7.92 Å². The molecule has 38 heavy (non-hydrogen) atoms. The summed E-state index contributed by atoms with van der Waals surface area (Å²) in [6.07, 6.45) is 8.12. The first-order valence-corrected chi connectivity index (χ1v) is 14.7. The Morgan fingerprint density at radius 3 is 1.95 bits per heavy atom. The molecule has 1 fully saturated rings. The van der Waals surface area contributed by atoms with E-state index in [9.17, 15) is 9.59 Å². The van der Waals surface area contributed by atoms with E-state index in [1.807, 2.05) is 49.2 Å². The minimum absolute atomic E-state index is 0.0883. The number of aldehydes is 1. The van der Waals surface area contributed by atoms with Crippen LogP contribution < -0.4 is 10.6 Å². The highest BCUT2D eigenvalue weighted by Crippen LogP contribution is 2.56. The Morgan fingerprint density at radius 2 is 1.47 bits per heavy atom. The monoisotopic (exact) mass is 529 g/mol. The zero-order valence-corrected chi connectivity index (χ0v) is 24.6. The highest BCUT2D eigenvalue weighted by atomic mass is 31.1. The van der Waals surface area contributed by atoms with Crippen LogP contribution in [0.1, 0.15) is 60.8 Å². The summed E-state index contributed by atoms with van der Waals surface area (Å²) in [5, 5.41) is 2.37. The average Bonchev–Trinajstić information content (AvgIpc) is 3.33. The predicted octanol–water partition coefficient (Wildman–Crippen LogP) is 7.40. The number of esters is 1. The van der Waals surface area contributed by atoms with Gasteiger partial charge in [0.15, 0.2) is 0 Å². The zero-order valence-electron chi connectivity index (χ0n) is 23.7. The van der Waals surface area contributed by atoms with Crippen molar-refractivity contribution in [2.45, 2.75) is 66.9 Å². The maximum atomic E-state index is 13.8. The van der Waals surface area contributed by atoms with Crippen molar-refractivity contribution in [3.05, 3.63) is 104 Å². The lowest BCUT2D eigenvalue weighted by atomic mass is 9.74. The molecule has 1 aliphatic carbocycles. The molecule has 3 rings (SSSR count). The van der Waals surface area contributed by atoms with Crippen LogP contribution in [0, 0.1) is 47.6 Å². The van der Waals surface area contributed by atoms with Crippen molar-refractivity contribution in [3.63, 3.8) is 0 Å². The van der Waals surface area contributed by atoms with Crippen molar-refractivity contribution < 1.29 is 14.3 Å². The number of rotatable bonds is 11. The van der Waals surface area contributed by atoms with Crippen LogP contribution in [0.15, 0.2) is 72.8 Å². The highest BCUT2D eigenvalue weighted by Gasteiger charge is 2.43. The summed E-state index contributed by atoms with van der Waals surface area (Å²) in [5.41, 5.74) is 1.84. The lowest BCUT2D eigenvalue weighted by Gasteiger charge is -2.35. The third-order valence-electron chi connectivity index (χ3n) is 7.24. The van der Waals surface area contributed by atoms with Gasteiger partial charge in [-0.25, -0.2) is 0 Å². The molecule has 1 aliphatic rings. The molecule has 1 saturated carbocycles. The van der Waals surface area contributed by atoms with Crippen LogP contribution in [0.3, 0.4) is 0 Å². The second kappa shape index (κ2) is 13.2. The van der Waals surface area contributed by atoms with Gasteiger partial charge in [-0.3, -0.25) is 4.79 Å². The standard InChI is InChI=1S/C34H42O3P/c1-25(33(2,3)4)23-27(24-26(21-22-35)34(5,6)7)37-32(36)30-19-14-20-31(30)38(28-15-10-8-11-16-28)29-17-12-9-13-18-29/h8-20,22,26-27H,1,21,23-24H2,2-7H3/t26-,27+/m0/s1. The summed E-state index contributed by atoms with van der Waals surface area (Å²) in [6.45, 7) is 17.1. The molecule has 0 saturated heterocycles. The van der Waals surface area contributed by atoms with E-state index in [2.05, 4.69) is 78.8 Å². The van der Waals surface area contributed by atoms with Crippen molar-refractivity contribution in [1.29, 1.82) is 0 Å². The SMILES string of the molecule is C=C(C[C@H](C[C@H](CC=O)C(C)(C)C)OC(=O)[C]1[CH][CH][CH][C]1P(c1ccccc1)c1ccccc1)C(C)(C)C. The van der Waals surface area contributed by atoms with Gasteiger partial charge in [0.1, 0.15) is 18.3 Å². The summed E-state index contributed by atoms with van der Waals surface area (Å²) in [5.74, 6) is 0.392. The largest absolute Gasteiger partial charge is 0.462 e. The normalized spacial score (nSPS) is 16.8. The highest BCUT2D eigenvalue weighted by molar-refractivity contribution is 7.76. The Bertz CT molecular complexity index is 1010. The lowest BCUT2D eigenvalue weighted by molar-refractivity contribution is -0.147. The van der Waals surface area contributed by atoms with E-state index in [1.54, 1.807) is 0 Å².